The number of hydrogen-bond acceptors (Lipinski definition) is 6. The Morgan fingerprint density at radius 3 is 0.897 bits per heavy atom. The first kappa shape index (κ1) is 56.4. The first-order chi connectivity index (χ1) is 28.4. The molecule has 0 saturated heterocycles. The maximum atomic E-state index is 12.7. The molecule has 0 saturated carbocycles. The predicted molar refractivity (Wildman–Crippen MR) is 247 cm³/mol. The predicted octanol–water partition coefficient (Wildman–Crippen LogP) is 16.7. The smallest absolute Gasteiger partial charge is 0.306 e. The molecule has 344 valence electrons. The van der Waals surface area contributed by atoms with Gasteiger partial charge in [0.1, 0.15) is 13.2 Å². The summed E-state index contributed by atoms with van der Waals surface area (Å²) in [5.74, 6) is 0.0354. The largest absolute Gasteiger partial charge is 0.462 e. The molecule has 2 atom stereocenters. The molecule has 0 aliphatic rings. The Labute approximate surface area is 361 Å². The average molecular weight is 821 g/mol. The van der Waals surface area contributed by atoms with Crippen molar-refractivity contribution in [3.8, 4) is 0 Å². The normalized spacial score (nSPS) is 12.4. The van der Waals surface area contributed by atoms with Crippen LogP contribution in [0.3, 0.4) is 0 Å². The summed E-state index contributed by atoms with van der Waals surface area (Å²) in [6.07, 6.45) is 48.3. The van der Waals surface area contributed by atoms with E-state index in [9.17, 15) is 14.4 Å². The Hall–Kier alpha value is -1.59. The lowest BCUT2D eigenvalue weighted by molar-refractivity contribution is -0.167. The van der Waals surface area contributed by atoms with Gasteiger partial charge in [0.25, 0.3) is 0 Å². The molecule has 6 nitrogen and oxygen atoms in total. The van der Waals surface area contributed by atoms with Crippen LogP contribution >= 0.6 is 0 Å². The quantitative estimate of drug-likeness (QED) is 0.0346. The number of ether oxygens (including phenoxy) is 3. The third-order valence-corrected chi connectivity index (χ3v) is 12.2. The third kappa shape index (κ3) is 44.0. The summed E-state index contributed by atoms with van der Waals surface area (Å²) in [5.41, 5.74) is 0. The second kappa shape index (κ2) is 46.5. The van der Waals surface area contributed by atoms with Crippen molar-refractivity contribution in [2.75, 3.05) is 13.2 Å². The van der Waals surface area contributed by atoms with E-state index in [0.29, 0.717) is 19.3 Å². The molecule has 6 heteroatoms. The second-order valence-corrected chi connectivity index (χ2v) is 18.1. The molecular weight excluding hydrogens is 721 g/mol. The van der Waals surface area contributed by atoms with Crippen molar-refractivity contribution in [2.45, 2.75) is 297 Å². The van der Waals surface area contributed by atoms with Crippen LogP contribution in [0.2, 0.25) is 0 Å². The minimum Gasteiger partial charge on any atom is -0.462 e. The van der Waals surface area contributed by atoms with Gasteiger partial charge >= 0.3 is 17.9 Å². The molecule has 0 aliphatic carbocycles. The van der Waals surface area contributed by atoms with Crippen LogP contribution in [-0.4, -0.2) is 37.2 Å². The van der Waals surface area contributed by atoms with Gasteiger partial charge in [-0.25, -0.2) is 0 Å². The Balaban J connectivity index is 4.11. The van der Waals surface area contributed by atoms with Crippen LogP contribution < -0.4 is 0 Å². The van der Waals surface area contributed by atoms with Crippen LogP contribution in [0.5, 0.6) is 0 Å². The summed E-state index contributed by atoms with van der Waals surface area (Å²) in [7, 11) is 0. The number of hydrogen-bond donors (Lipinski definition) is 0. The van der Waals surface area contributed by atoms with Crippen molar-refractivity contribution in [2.24, 2.45) is 5.92 Å². The zero-order chi connectivity index (χ0) is 42.4. The van der Waals surface area contributed by atoms with E-state index in [2.05, 4.69) is 27.7 Å². The van der Waals surface area contributed by atoms with E-state index in [4.69, 9.17) is 14.2 Å². The summed E-state index contributed by atoms with van der Waals surface area (Å²) in [5, 5.41) is 0. The van der Waals surface area contributed by atoms with Crippen molar-refractivity contribution < 1.29 is 28.6 Å². The zero-order valence-corrected chi connectivity index (χ0v) is 39.5. The van der Waals surface area contributed by atoms with Crippen molar-refractivity contribution in [1.82, 2.24) is 0 Å². The van der Waals surface area contributed by atoms with Crippen LogP contribution in [0.1, 0.15) is 291 Å². The Kier molecular flexibility index (Phi) is 45.2. The van der Waals surface area contributed by atoms with Crippen molar-refractivity contribution >= 4 is 17.9 Å². The SMILES string of the molecule is CCCCCCCCCCCCCCCCCCCC(=O)OC[C@H](COC(=O)CCCCCCC)OC(=O)CCCCCCCCCCCCCCCCC(C)CC. The summed E-state index contributed by atoms with van der Waals surface area (Å²) < 4.78 is 16.7. The van der Waals surface area contributed by atoms with Crippen LogP contribution in [0, 0.1) is 5.92 Å². The Bertz CT molecular complexity index is 874. The molecule has 0 rings (SSSR count). The highest BCUT2D eigenvalue weighted by molar-refractivity contribution is 5.71. The number of carbonyl (C=O) groups excluding carboxylic acids is 3. The molecule has 0 bridgehead atoms. The molecule has 0 spiro atoms. The van der Waals surface area contributed by atoms with Crippen molar-refractivity contribution in [1.29, 1.82) is 0 Å². The maximum Gasteiger partial charge on any atom is 0.306 e. The lowest BCUT2D eigenvalue weighted by Crippen LogP contribution is -2.30. The van der Waals surface area contributed by atoms with Gasteiger partial charge in [0.05, 0.1) is 0 Å². The number of carbonyl (C=O) groups is 3. The minimum absolute atomic E-state index is 0.0638. The molecule has 0 amide bonds. The maximum absolute atomic E-state index is 12.7. The van der Waals surface area contributed by atoms with Gasteiger partial charge in [-0.2, -0.15) is 0 Å². The van der Waals surface area contributed by atoms with Crippen LogP contribution in [-0.2, 0) is 28.6 Å². The first-order valence-electron chi connectivity index (χ1n) is 25.9. The fraction of sp³-hybridized carbons (Fsp3) is 0.942. The van der Waals surface area contributed by atoms with E-state index >= 15 is 0 Å². The highest BCUT2D eigenvalue weighted by atomic mass is 16.6. The molecule has 0 radical (unpaired) electrons. The fourth-order valence-corrected chi connectivity index (χ4v) is 7.83. The van der Waals surface area contributed by atoms with E-state index in [-0.39, 0.29) is 31.1 Å². The Morgan fingerprint density at radius 2 is 0.603 bits per heavy atom. The van der Waals surface area contributed by atoms with Gasteiger partial charge < -0.3 is 14.2 Å². The highest BCUT2D eigenvalue weighted by Crippen LogP contribution is 2.18. The van der Waals surface area contributed by atoms with E-state index in [1.165, 1.54) is 180 Å². The lowest BCUT2D eigenvalue weighted by atomic mass is 9.99. The molecule has 0 N–H and O–H groups in total. The summed E-state index contributed by atoms with van der Waals surface area (Å²) >= 11 is 0. The van der Waals surface area contributed by atoms with Gasteiger partial charge in [0.15, 0.2) is 6.10 Å². The lowest BCUT2D eigenvalue weighted by Gasteiger charge is -2.18. The van der Waals surface area contributed by atoms with E-state index in [0.717, 1.165) is 70.1 Å². The number of rotatable bonds is 47. The van der Waals surface area contributed by atoms with E-state index in [1.807, 2.05) is 0 Å². The Morgan fingerprint density at radius 1 is 0.345 bits per heavy atom. The molecule has 0 aromatic heterocycles. The van der Waals surface area contributed by atoms with Gasteiger partial charge in [-0.3, -0.25) is 14.4 Å². The van der Waals surface area contributed by atoms with Crippen LogP contribution in [0.4, 0.5) is 0 Å². The molecular formula is C52H100O6. The van der Waals surface area contributed by atoms with Crippen molar-refractivity contribution in [3.63, 3.8) is 0 Å². The number of unbranched alkanes of at least 4 members (excludes halogenated alkanes) is 33. The minimum atomic E-state index is -0.759. The van der Waals surface area contributed by atoms with Gasteiger partial charge in [-0.1, -0.05) is 252 Å². The van der Waals surface area contributed by atoms with Gasteiger partial charge in [0.2, 0.25) is 0 Å². The summed E-state index contributed by atoms with van der Waals surface area (Å²) in [6.45, 7) is 8.99. The molecule has 0 aromatic carbocycles. The topological polar surface area (TPSA) is 78.9 Å². The fourth-order valence-electron chi connectivity index (χ4n) is 7.83. The average Bonchev–Trinajstić information content (AvgIpc) is 3.22. The van der Waals surface area contributed by atoms with Crippen LogP contribution in [0.15, 0.2) is 0 Å². The van der Waals surface area contributed by atoms with Gasteiger partial charge in [-0.15, -0.1) is 0 Å². The highest BCUT2D eigenvalue weighted by Gasteiger charge is 2.19. The zero-order valence-electron chi connectivity index (χ0n) is 39.5. The van der Waals surface area contributed by atoms with E-state index < -0.39 is 6.10 Å². The van der Waals surface area contributed by atoms with Gasteiger partial charge in [0, 0.05) is 19.3 Å². The number of esters is 3. The molecule has 1 unspecified atom stereocenters. The second-order valence-electron chi connectivity index (χ2n) is 18.1. The molecule has 58 heavy (non-hydrogen) atoms. The molecule has 0 aromatic rings. The molecule has 0 aliphatic heterocycles. The van der Waals surface area contributed by atoms with E-state index in [1.54, 1.807) is 0 Å². The summed E-state index contributed by atoms with van der Waals surface area (Å²) in [6, 6.07) is 0. The van der Waals surface area contributed by atoms with Crippen LogP contribution in [0.25, 0.3) is 0 Å². The van der Waals surface area contributed by atoms with Gasteiger partial charge in [-0.05, 0) is 25.2 Å². The van der Waals surface area contributed by atoms with Crippen molar-refractivity contribution in [3.05, 3.63) is 0 Å². The monoisotopic (exact) mass is 821 g/mol. The first-order valence-corrected chi connectivity index (χ1v) is 25.9. The summed E-state index contributed by atoms with van der Waals surface area (Å²) in [4.78, 5) is 37.6. The third-order valence-electron chi connectivity index (χ3n) is 12.2. The molecule has 0 fully saturated rings. The standard InChI is InChI=1S/C52H100O6/c1-5-8-10-12-13-14-15-16-17-18-19-23-26-29-32-36-40-44-51(54)57-47-49(46-56-50(53)43-39-34-11-9-6-2)58-52(55)45-41-37-33-30-27-24-21-20-22-25-28-31-35-38-42-48(4)7-3/h48-49H,5-47H2,1-4H3/t48?,49-/m0/s1. The molecule has 0 heterocycles.